The number of hydrogen-bond donors (Lipinski definition) is 1. The Morgan fingerprint density at radius 2 is 1.71 bits per heavy atom. The van der Waals surface area contributed by atoms with Gasteiger partial charge in [0.1, 0.15) is 12.2 Å². The molecule has 0 saturated heterocycles. The van der Waals surface area contributed by atoms with E-state index in [4.69, 9.17) is 37.6 Å². The average Bonchev–Trinajstić information content (AvgIpc) is 2.80. The molecule has 2 aliphatic rings. The summed E-state index contributed by atoms with van der Waals surface area (Å²) in [6, 6.07) is 3.23. The number of halogens is 2. The van der Waals surface area contributed by atoms with Gasteiger partial charge in [-0.25, -0.2) is 9.59 Å². The third-order valence-corrected chi connectivity index (χ3v) is 7.65. The Kier molecular flexibility index (Phi) is 8.41. The maximum atomic E-state index is 14.0. The van der Waals surface area contributed by atoms with Gasteiger partial charge in [-0.05, 0) is 42.7 Å². The molecule has 0 amide bonds. The molecule has 0 aromatic heterocycles. The number of carbonyl (C=O) groups excluding carboxylic acids is 2. The molecule has 2 aliphatic carbocycles. The molecule has 2 atom stereocenters. The van der Waals surface area contributed by atoms with Crippen LogP contribution in [0.25, 0.3) is 0 Å². The fourth-order valence-corrected chi connectivity index (χ4v) is 5.55. The predicted octanol–water partition coefficient (Wildman–Crippen LogP) is 2.21. The van der Waals surface area contributed by atoms with Crippen LogP contribution in [0.1, 0.15) is 65.6 Å². The van der Waals surface area contributed by atoms with E-state index in [0.29, 0.717) is 16.7 Å². The lowest BCUT2D eigenvalue weighted by atomic mass is 9.66. The van der Waals surface area contributed by atoms with E-state index < -0.39 is 39.5 Å². The number of rotatable bonds is 9. The number of ether oxygens (including phenoxy) is 2. The van der Waals surface area contributed by atoms with Gasteiger partial charge in [0.15, 0.2) is 0 Å². The summed E-state index contributed by atoms with van der Waals surface area (Å²) in [5.41, 5.74) is 0.0926. The van der Waals surface area contributed by atoms with E-state index >= 15 is 0 Å². The number of benzene rings is 1. The highest BCUT2D eigenvalue weighted by Gasteiger charge is 2.57. The van der Waals surface area contributed by atoms with Crippen LogP contribution in [0.5, 0.6) is 0 Å². The van der Waals surface area contributed by atoms with Crippen LogP contribution in [0.15, 0.2) is 12.1 Å². The molecule has 0 heterocycles. The molecular weight excluding hydrogens is 479 g/mol. The van der Waals surface area contributed by atoms with Crippen molar-refractivity contribution >= 4 is 45.6 Å². The molecule has 1 aromatic carbocycles. The van der Waals surface area contributed by atoms with Gasteiger partial charge >= 0.3 is 27.3 Å². The highest BCUT2D eigenvalue weighted by molar-refractivity contribution is 7.87. The molecule has 1 aromatic rings. The molecule has 2 bridgehead atoms. The number of carbonyl (C=O) groups is 2. The van der Waals surface area contributed by atoms with E-state index in [1.165, 1.54) is 6.07 Å². The molecule has 13 heteroatoms. The van der Waals surface area contributed by atoms with Crippen LogP contribution >= 0.6 is 0 Å². The Bertz CT molecular complexity index is 1070. The van der Waals surface area contributed by atoms with E-state index in [-0.39, 0.29) is 49.2 Å². The molecule has 0 aliphatic heterocycles. The molecule has 184 valence electrons. The molecule has 2 unspecified atom stereocenters. The maximum absolute atomic E-state index is 14.0. The topological polar surface area (TPSA) is 107 Å². The average molecular weight is 504 g/mol. The first kappa shape index (κ1) is 27.7. The first-order valence-corrected chi connectivity index (χ1v) is 12.8. The Morgan fingerprint density at radius 1 is 1.09 bits per heavy atom. The van der Waals surface area contributed by atoms with Gasteiger partial charge in [0.25, 0.3) is 0 Å². The zero-order chi connectivity index (χ0) is 26.0. The zero-order valence-corrected chi connectivity index (χ0v) is 20.0. The maximum Gasteiger partial charge on any atom is 0.465 e. The van der Waals surface area contributed by atoms with Crippen molar-refractivity contribution in [1.82, 2.24) is 0 Å². The van der Waals surface area contributed by atoms with Crippen LogP contribution in [0.4, 0.5) is 8.78 Å². The molecule has 3 rings (SSSR count). The largest absolute Gasteiger partial charge is 0.465 e. The lowest BCUT2D eigenvalue weighted by molar-refractivity contribution is -0.192. The van der Waals surface area contributed by atoms with Gasteiger partial charge in [-0.15, -0.1) is 0 Å². The Hall–Kier alpha value is -1.88. The van der Waals surface area contributed by atoms with Crippen molar-refractivity contribution in [3.63, 3.8) is 0 Å². The molecule has 35 heavy (non-hydrogen) atoms. The molecule has 0 spiro atoms. The SMILES string of the molecule is [B]Cc1cc(C[B])c(C[B])c(C(=O)OCC2(OC(=O)C(F)(F)S(=O)(=O)O)CC3CCCC(C3)C2)c1. The Labute approximate surface area is 207 Å². The quantitative estimate of drug-likeness (QED) is 0.313. The second-order valence-corrected chi connectivity index (χ2v) is 10.8. The summed E-state index contributed by atoms with van der Waals surface area (Å²) in [5.74, 6) is -3.19. The Morgan fingerprint density at radius 3 is 2.23 bits per heavy atom. The van der Waals surface area contributed by atoms with Crippen LogP contribution in [0.3, 0.4) is 0 Å². The summed E-state index contributed by atoms with van der Waals surface area (Å²) >= 11 is 0. The predicted molar refractivity (Wildman–Crippen MR) is 125 cm³/mol. The second kappa shape index (κ2) is 10.6. The third-order valence-electron chi connectivity index (χ3n) is 6.83. The van der Waals surface area contributed by atoms with Gasteiger partial charge in [0.2, 0.25) is 0 Å². The van der Waals surface area contributed by atoms with Gasteiger partial charge in [0, 0.05) is 0 Å². The van der Waals surface area contributed by atoms with E-state index in [1.54, 1.807) is 6.07 Å². The van der Waals surface area contributed by atoms with E-state index in [0.717, 1.165) is 25.7 Å². The summed E-state index contributed by atoms with van der Waals surface area (Å²) < 4.78 is 69.5. The van der Waals surface area contributed by atoms with Crippen molar-refractivity contribution in [1.29, 1.82) is 0 Å². The number of esters is 2. The van der Waals surface area contributed by atoms with Crippen molar-refractivity contribution in [2.75, 3.05) is 6.61 Å². The zero-order valence-electron chi connectivity index (χ0n) is 19.2. The molecule has 7 nitrogen and oxygen atoms in total. The lowest BCUT2D eigenvalue weighted by Crippen LogP contribution is -2.52. The summed E-state index contributed by atoms with van der Waals surface area (Å²) in [6.07, 6.45) is 3.69. The Balaban J connectivity index is 1.90. The summed E-state index contributed by atoms with van der Waals surface area (Å²) in [7, 11) is 11.2. The number of alkyl halides is 2. The standard InChI is InChI=1S/C22H25B3F2O7S/c23-9-15-5-16(10-24)18(11-25)17(6-15)19(28)33-12-21(7-13-2-1-3-14(4-13)8-21)34-20(29)22(26,27)35(30,31)32/h5-6,13-14H,1-4,7-12H2,(H,30,31,32). The van der Waals surface area contributed by atoms with E-state index in [9.17, 15) is 26.8 Å². The molecular formula is C22H25B3F2O7S. The second-order valence-electron chi connectivity index (χ2n) is 9.34. The van der Waals surface area contributed by atoms with Gasteiger partial charge in [0.05, 0.1) is 29.1 Å². The van der Waals surface area contributed by atoms with E-state index in [1.807, 2.05) is 0 Å². The van der Waals surface area contributed by atoms with Gasteiger partial charge in [-0.2, -0.15) is 17.2 Å². The number of fused-ring (bicyclic) bond motifs is 2. The molecule has 2 saturated carbocycles. The van der Waals surface area contributed by atoms with Crippen molar-refractivity contribution < 1.29 is 40.8 Å². The van der Waals surface area contributed by atoms with Crippen LogP contribution in [0, 0.1) is 11.8 Å². The molecule has 2 fully saturated rings. The minimum Gasteiger partial charge on any atom is -0.458 e. The molecule has 1 N–H and O–H groups in total. The van der Waals surface area contributed by atoms with Crippen LogP contribution < -0.4 is 0 Å². The highest BCUT2D eigenvalue weighted by atomic mass is 32.2. The van der Waals surface area contributed by atoms with Gasteiger partial charge in [-0.3, -0.25) is 4.55 Å². The van der Waals surface area contributed by atoms with Gasteiger partial charge in [-0.1, -0.05) is 55.4 Å². The van der Waals surface area contributed by atoms with E-state index in [2.05, 4.69) is 0 Å². The van der Waals surface area contributed by atoms with Crippen molar-refractivity contribution in [3.05, 3.63) is 34.4 Å². The summed E-state index contributed by atoms with van der Waals surface area (Å²) in [4.78, 5) is 25.2. The minimum absolute atomic E-state index is 0.0212. The normalized spacial score (nSPS) is 24.5. The first-order valence-electron chi connectivity index (χ1n) is 11.4. The van der Waals surface area contributed by atoms with Crippen LogP contribution in [-0.2, 0) is 43.3 Å². The fraction of sp³-hybridized carbons (Fsp3) is 0.636. The highest BCUT2D eigenvalue weighted by Crippen LogP contribution is 2.47. The van der Waals surface area contributed by atoms with Crippen molar-refractivity contribution in [2.24, 2.45) is 11.8 Å². The lowest BCUT2D eigenvalue weighted by Gasteiger charge is -2.46. The smallest absolute Gasteiger partial charge is 0.458 e. The van der Waals surface area contributed by atoms with Crippen LogP contribution in [0.2, 0.25) is 0 Å². The summed E-state index contributed by atoms with van der Waals surface area (Å²) in [6.45, 7) is -0.569. The molecule has 6 radical (unpaired) electrons. The van der Waals surface area contributed by atoms with Crippen molar-refractivity contribution in [2.45, 2.75) is 68.3 Å². The monoisotopic (exact) mass is 504 g/mol. The van der Waals surface area contributed by atoms with Crippen molar-refractivity contribution in [3.8, 4) is 0 Å². The fourth-order valence-electron chi connectivity index (χ4n) is 5.30. The first-order chi connectivity index (χ1) is 16.4. The van der Waals surface area contributed by atoms with Gasteiger partial charge < -0.3 is 9.47 Å². The van der Waals surface area contributed by atoms with Crippen LogP contribution in [-0.4, -0.2) is 65.9 Å². The third kappa shape index (κ3) is 5.93. The summed E-state index contributed by atoms with van der Waals surface area (Å²) in [5, 5.41) is -5.16. The minimum atomic E-state index is -6.05. The number of hydrogen-bond acceptors (Lipinski definition) is 6.